The van der Waals surface area contributed by atoms with E-state index in [0.717, 1.165) is 11.5 Å². The number of benzene rings is 1. The second-order valence-electron chi connectivity index (χ2n) is 3.92. The Hall–Kier alpha value is -1.01. The minimum Gasteiger partial charge on any atom is -0.370 e. The van der Waals surface area contributed by atoms with E-state index in [1.54, 1.807) is 12.3 Å². The summed E-state index contributed by atoms with van der Waals surface area (Å²) in [6, 6.07) is 4.05. The number of aromatic amines is 1. The number of H-pyrrole nitrogens is 1. The van der Waals surface area contributed by atoms with Crippen LogP contribution < -0.4 is 0 Å². The largest absolute Gasteiger partial charge is 0.416 e. The number of hydrogen-bond donors (Lipinski definition) is 1. The molecular formula is C12H11BrF3NO. The SMILES string of the molecule is COC(Br)Cc1cc(C(F)(F)F)cc2[nH]ccc12. The Morgan fingerprint density at radius 1 is 1.39 bits per heavy atom. The third kappa shape index (κ3) is 2.70. The third-order valence-corrected chi connectivity index (χ3v) is 3.42. The molecule has 2 rings (SSSR count). The van der Waals surface area contributed by atoms with Gasteiger partial charge in [0.25, 0.3) is 0 Å². The number of hydrogen-bond acceptors (Lipinski definition) is 1. The molecular weight excluding hydrogens is 311 g/mol. The van der Waals surface area contributed by atoms with E-state index in [9.17, 15) is 13.2 Å². The molecule has 1 unspecified atom stereocenters. The topological polar surface area (TPSA) is 25.0 Å². The molecule has 2 aromatic rings. The van der Waals surface area contributed by atoms with Crippen LogP contribution in [-0.4, -0.2) is 17.1 Å². The first-order valence-corrected chi connectivity index (χ1v) is 6.17. The number of nitrogens with one attached hydrogen (secondary N) is 1. The maximum Gasteiger partial charge on any atom is 0.416 e. The zero-order valence-corrected chi connectivity index (χ0v) is 11.1. The van der Waals surface area contributed by atoms with E-state index in [2.05, 4.69) is 20.9 Å². The highest BCUT2D eigenvalue weighted by atomic mass is 79.9. The summed E-state index contributed by atoms with van der Waals surface area (Å²) >= 11 is 3.25. The molecule has 0 saturated carbocycles. The Bertz CT molecular complexity index is 550. The highest BCUT2D eigenvalue weighted by Crippen LogP contribution is 2.33. The van der Waals surface area contributed by atoms with E-state index in [1.807, 2.05) is 0 Å². The maximum atomic E-state index is 12.8. The number of fused-ring (bicyclic) bond motifs is 1. The van der Waals surface area contributed by atoms with Crippen molar-refractivity contribution in [1.29, 1.82) is 0 Å². The van der Waals surface area contributed by atoms with Gasteiger partial charge < -0.3 is 9.72 Å². The molecule has 2 nitrogen and oxygen atoms in total. The van der Waals surface area contributed by atoms with Crippen molar-refractivity contribution in [3.8, 4) is 0 Å². The van der Waals surface area contributed by atoms with Crippen LogP contribution in [0.2, 0.25) is 0 Å². The molecule has 0 aliphatic heterocycles. The molecule has 0 spiro atoms. The fourth-order valence-corrected chi connectivity index (χ4v) is 2.18. The lowest BCUT2D eigenvalue weighted by molar-refractivity contribution is -0.137. The highest BCUT2D eigenvalue weighted by Gasteiger charge is 2.31. The average Bonchev–Trinajstić information content (AvgIpc) is 2.75. The molecule has 6 heteroatoms. The lowest BCUT2D eigenvalue weighted by atomic mass is 10.0. The molecule has 0 amide bonds. The van der Waals surface area contributed by atoms with Crippen LogP contribution >= 0.6 is 15.9 Å². The van der Waals surface area contributed by atoms with E-state index in [-0.39, 0.29) is 5.01 Å². The van der Waals surface area contributed by atoms with Gasteiger partial charge in [0, 0.05) is 30.6 Å². The van der Waals surface area contributed by atoms with E-state index >= 15 is 0 Å². The maximum absolute atomic E-state index is 12.8. The van der Waals surface area contributed by atoms with E-state index in [0.29, 0.717) is 17.5 Å². The van der Waals surface area contributed by atoms with Gasteiger partial charge in [0.15, 0.2) is 0 Å². The summed E-state index contributed by atoms with van der Waals surface area (Å²) in [5.74, 6) is 0. The smallest absolute Gasteiger partial charge is 0.370 e. The minimum absolute atomic E-state index is 0.306. The van der Waals surface area contributed by atoms with Crippen molar-refractivity contribution in [2.75, 3.05) is 7.11 Å². The summed E-state index contributed by atoms with van der Waals surface area (Å²) in [4.78, 5) is 2.81. The number of methoxy groups -OCH3 is 1. The molecule has 0 fully saturated rings. The molecule has 1 aromatic heterocycles. The Morgan fingerprint density at radius 3 is 2.72 bits per heavy atom. The molecule has 98 valence electrons. The van der Waals surface area contributed by atoms with Gasteiger partial charge in [0.1, 0.15) is 5.01 Å². The second-order valence-corrected chi connectivity index (χ2v) is 4.94. The normalized spacial score (nSPS) is 14.1. The van der Waals surface area contributed by atoms with Crippen molar-refractivity contribution in [2.45, 2.75) is 17.6 Å². The number of alkyl halides is 4. The van der Waals surface area contributed by atoms with Gasteiger partial charge in [-0.1, -0.05) is 15.9 Å². The average molecular weight is 322 g/mol. The van der Waals surface area contributed by atoms with Crippen molar-refractivity contribution >= 4 is 26.8 Å². The van der Waals surface area contributed by atoms with Crippen molar-refractivity contribution in [3.63, 3.8) is 0 Å². The predicted molar refractivity (Wildman–Crippen MR) is 66.7 cm³/mol. The molecule has 1 N–H and O–H groups in total. The lowest BCUT2D eigenvalue weighted by Crippen LogP contribution is -2.09. The van der Waals surface area contributed by atoms with Gasteiger partial charge in [-0.3, -0.25) is 0 Å². The second kappa shape index (κ2) is 4.93. The van der Waals surface area contributed by atoms with Crippen LogP contribution in [0.15, 0.2) is 24.4 Å². The van der Waals surface area contributed by atoms with E-state index < -0.39 is 11.7 Å². The Morgan fingerprint density at radius 2 is 2.11 bits per heavy atom. The zero-order chi connectivity index (χ0) is 13.3. The van der Waals surface area contributed by atoms with Gasteiger partial charge in [0.05, 0.1) is 5.56 Å². The van der Waals surface area contributed by atoms with Gasteiger partial charge in [-0.25, -0.2) is 0 Å². The molecule has 0 aliphatic rings. The summed E-state index contributed by atoms with van der Waals surface area (Å²) < 4.78 is 43.3. The first-order chi connectivity index (χ1) is 8.41. The number of ether oxygens (including phenoxy) is 1. The van der Waals surface area contributed by atoms with Gasteiger partial charge in [-0.2, -0.15) is 13.2 Å². The first-order valence-electron chi connectivity index (χ1n) is 5.26. The van der Waals surface area contributed by atoms with E-state index in [4.69, 9.17) is 4.74 Å². The summed E-state index contributed by atoms with van der Waals surface area (Å²) in [6.45, 7) is 0. The number of aromatic nitrogens is 1. The van der Waals surface area contributed by atoms with Gasteiger partial charge >= 0.3 is 6.18 Å². The molecule has 0 radical (unpaired) electrons. The summed E-state index contributed by atoms with van der Waals surface area (Å²) in [6.07, 6.45) is -2.35. The molecule has 0 bridgehead atoms. The summed E-state index contributed by atoms with van der Waals surface area (Å²) in [5.41, 5.74) is 0.434. The number of halogens is 4. The molecule has 18 heavy (non-hydrogen) atoms. The van der Waals surface area contributed by atoms with Gasteiger partial charge in [0.2, 0.25) is 0 Å². The van der Waals surface area contributed by atoms with Gasteiger partial charge in [-0.15, -0.1) is 0 Å². The standard InChI is InChI=1S/C12H11BrF3NO/c1-18-11(13)5-7-4-8(12(14,15)16)6-10-9(7)2-3-17-10/h2-4,6,11,17H,5H2,1H3. The predicted octanol–water partition coefficient (Wildman–Crippen LogP) is 4.10. The molecule has 1 atom stereocenters. The molecule has 1 heterocycles. The highest BCUT2D eigenvalue weighted by molar-refractivity contribution is 9.09. The van der Waals surface area contributed by atoms with Crippen LogP contribution in [0.5, 0.6) is 0 Å². The first kappa shape index (κ1) is 13.4. The quantitative estimate of drug-likeness (QED) is 0.846. The van der Waals surface area contributed by atoms with Crippen molar-refractivity contribution in [3.05, 3.63) is 35.5 Å². The fourth-order valence-electron chi connectivity index (χ4n) is 1.83. The van der Waals surface area contributed by atoms with Crippen LogP contribution in [0.3, 0.4) is 0 Å². The van der Waals surface area contributed by atoms with Crippen LogP contribution in [-0.2, 0) is 17.3 Å². The van der Waals surface area contributed by atoms with Crippen molar-refractivity contribution in [2.24, 2.45) is 0 Å². The lowest BCUT2D eigenvalue weighted by Gasteiger charge is -2.12. The Labute approximate surface area is 110 Å². The summed E-state index contributed by atoms with van der Waals surface area (Å²) in [5, 5.41) is 0.476. The molecule has 0 saturated heterocycles. The van der Waals surface area contributed by atoms with Crippen LogP contribution in [0, 0.1) is 0 Å². The Kier molecular flexibility index (Phi) is 3.68. The van der Waals surface area contributed by atoms with E-state index in [1.165, 1.54) is 13.2 Å². The third-order valence-electron chi connectivity index (χ3n) is 2.72. The van der Waals surface area contributed by atoms with Gasteiger partial charge in [-0.05, 0) is 23.8 Å². The van der Waals surface area contributed by atoms with Crippen LogP contribution in [0.4, 0.5) is 13.2 Å². The molecule has 1 aromatic carbocycles. The zero-order valence-electron chi connectivity index (χ0n) is 9.51. The summed E-state index contributed by atoms with van der Waals surface area (Å²) in [7, 11) is 1.50. The minimum atomic E-state index is -4.34. The van der Waals surface area contributed by atoms with Crippen LogP contribution in [0.25, 0.3) is 10.9 Å². The monoisotopic (exact) mass is 321 g/mol. The van der Waals surface area contributed by atoms with Crippen molar-refractivity contribution in [1.82, 2.24) is 4.98 Å². The van der Waals surface area contributed by atoms with Crippen molar-refractivity contribution < 1.29 is 17.9 Å². The molecule has 0 aliphatic carbocycles. The fraction of sp³-hybridized carbons (Fsp3) is 0.333. The Balaban J connectivity index is 2.52. The van der Waals surface area contributed by atoms with Crippen LogP contribution in [0.1, 0.15) is 11.1 Å². The number of rotatable bonds is 3.